The van der Waals surface area contributed by atoms with Crippen LogP contribution in [0.1, 0.15) is 25.7 Å². The summed E-state index contributed by atoms with van der Waals surface area (Å²) >= 11 is 0. The lowest BCUT2D eigenvalue weighted by molar-refractivity contribution is 0.317. The molecule has 0 bridgehead atoms. The number of rotatable bonds is 0. The van der Waals surface area contributed by atoms with Crippen molar-refractivity contribution in [2.24, 2.45) is 0 Å². The minimum Gasteiger partial charge on any atom is -0.243 e. The van der Waals surface area contributed by atoms with Gasteiger partial charge in [-0.1, -0.05) is 0 Å². The molecule has 0 radical (unpaired) electrons. The second-order valence-electron chi connectivity index (χ2n) is 2.56. The van der Waals surface area contributed by atoms with Gasteiger partial charge in [-0.25, -0.2) is 4.39 Å². The summed E-state index contributed by atoms with van der Waals surface area (Å²) in [4.78, 5) is 0. The molecule has 1 aliphatic rings. The maximum Gasteiger partial charge on any atom is 0.122 e. The van der Waals surface area contributed by atoms with Gasteiger partial charge >= 0.3 is 0 Å². The summed E-state index contributed by atoms with van der Waals surface area (Å²) in [6.45, 7) is 0. The van der Waals surface area contributed by atoms with Gasteiger partial charge in [-0.05, 0) is 31.3 Å². The standard InChI is InChI=1S/C8H10FN/c9-8-4-2-1-3-7(8)5-6-10/h5,8H,1-4H2/b7-5+. The van der Waals surface area contributed by atoms with Crippen molar-refractivity contribution in [2.45, 2.75) is 31.9 Å². The number of hydrogen-bond donors (Lipinski definition) is 0. The van der Waals surface area contributed by atoms with Gasteiger partial charge in [0.15, 0.2) is 0 Å². The first kappa shape index (κ1) is 7.27. The van der Waals surface area contributed by atoms with E-state index in [0.29, 0.717) is 12.0 Å². The topological polar surface area (TPSA) is 23.8 Å². The molecule has 0 N–H and O–H groups in total. The molecule has 1 unspecified atom stereocenters. The third-order valence-corrected chi connectivity index (χ3v) is 1.83. The Bertz CT molecular complexity index is 178. The molecule has 0 aromatic rings. The Hall–Kier alpha value is -0.840. The Morgan fingerprint density at radius 3 is 3.00 bits per heavy atom. The SMILES string of the molecule is N#C/C=C1\CCCCC1F. The molecule has 0 aromatic carbocycles. The zero-order chi connectivity index (χ0) is 7.40. The van der Waals surface area contributed by atoms with E-state index in [4.69, 9.17) is 5.26 Å². The van der Waals surface area contributed by atoms with Gasteiger partial charge < -0.3 is 0 Å². The predicted molar refractivity (Wildman–Crippen MR) is 37.1 cm³/mol. The fourth-order valence-electron chi connectivity index (χ4n) is 1.24. The van der Waals surface area contributed by atoms with Crippen LogP contribution in [0.4, 0.5) is 4.39 Å². The predicted octanol–water partition coefficient (Wildman–Crippen LogP) is 2.35. The van der Waals surface area contributed by atoms with Crippen molar-refractivity contribution < 1.29 is 4.39 Å². The van der Waals surface area contributed by atoms with Gasteiger partial charge in [-0.2, -0.15) is 5.26 Å². The summed E-state index contributed by atoms with van der Waals surface area (Å²) in [5, 5.41) is 8.24. The molecule has 1 rings (SSSR count). The molecule has 0 amide bonds. The first-order valence-electron chi connectivity index (χ1n) is 3.57. The molecule has 0 aliphatic heterocycles. The third kappa shape index (κ3) is 1.57. The summed E-state index contributed by atoms with van der Waals surface area (Å²) in [6.07, 6.45) is 3.89. The lowest BCUT2D eigenvalue weighted by Gasteiger charge is -2.16. The first-order valence-corrected chi connectivity index (χ1v) is 3.57. The molecule has 1 atom stereocenters. The van der Waals surface area contributed by atoms with E-state index >= 15 is 0 Å². The molecule has 1 nitrogen and oxygen atoms in total. The average Bonchev–Trinajstić information content (AvgIpc) is 1.94. The Morgan fingerprint density at radius 2 is 2.40 bits per heavy atom. The number of hydrogen-bond acceptors (Lipinski definition) is 1. The zero-order valence-electron chi connectivity index (χ0n) is 5.81. The van der Waals surface area contributed by atoms with Gasteiger partial charge in [0.25, 0.3) is 0 Å². The molecule has 0 heterocycles. The van der Waals surface area contributed by atoms with Crippen LogP contribution in [0.2, 0.25) is 0 Å². The van der Waals surface area contributed by atoms with E-state index in [1.165, 1.54) is 6.08 Å². The molecule has 0 saturated heterocycles. The van der Waals surface area contributed by atoms with Crippen molar-refractivity contribution in [3.8, 4) is 6.07 Å². The number of nitrogens with zero attached hydrogens (tertiary/aromatic N) is 1. The van der Waals surface area contributed by atoms with Crippen molar-refractivity contribution in [2.75, 3.05) is 0 Å². The quantitative estimate of drug-likeness (QED) is 0.472. The van der Waals surface area contributed by atoms with E-state index in [9.17, 15) is 4.39 Å². The Labute approximate surface area is 60.2 Å². The van der Waals surface area contributed by atoms with E-state index in [0.717, 1.165) is 19.3 Å². The fourth-order valence-corrected chi connectivity index (χ4v) is 1.24. The van der Waals surface area contributed by atoms with Gasteiger partial charge in [-0.3, -0.25) is 0 Å². The summed E-state index contributed by atoms with van der Waals surface area (Å²) in [7, 11) is 0. The van der Waals surface area contributed by atoms with Crippen LogP contribution in [0.15, 0.2) is 11.6 Å². The molecule has 1 saturated carbocycles. The molecular weight excluding hydrogens is 129 g/mol. The minimum absolute atomic E-state index is 0.605. The zero-order valence-corrected chi connectivity index (χ0v) is 5.81. The van der Waals surface area contributed by atoms with Crippen LogP contribution in [-0.4, -0.2) is 6.17 Å². The molecular formula is C8H10FN. The van der Waals surface area contributed by atoms with E-state index < -0.39 is 6.17 Å². The highest BCUT2D eigenvalue weighted by Crippen LogP contribution is 2.25. The summed E-state index contributed by atoms with van der Waals surface area (Å²) in [5.41, 5.74) is 0.689. The number of halogens is 1. The number of alkyl halides is 1. The van der Waals surface area contributed by atoms with E-state index in [2.05, 4.69) is 0 Å². The highest BCUT2D eigenvalue weighted by atomic mass is 19.1. The van der Waals surface area contributed by atoms with E-state index in [1.54, 1.807) is 0 Å². The van der Waals surface area contributed by atoms with Crippen LogP contribution >= 0.6 is 0 Å². The largest absolute Gasteiger partial charge is 0.243 e. The second kappa shape index (κ2) is 3.36. The minimum atomic E-state index is -0.839. The highest BCUT2D eigenvalue weighted by Gasteiger charge is 2.16. The second-order valence-corrected chi connectivity index (χ2v) is 2.56. The maximum absolute atomic E-state index is 12.8. The molecule has 0 aromatic heterocycles. The lowest BCUT2D eigenvalue weighted by atomic mass is 9.93. The van der Waals surface area contributed by atoms with Gasteiger partial charge in [-0.15, -0.1) is 0 Å². The van der Waals surface area contributed by atoms with Gasteiger partial charge in [0, 0.05) is 6.08 Å². The monoisotopic (exact) mass is 139 g/mol. The third-order valence-electron chi connectivity index (χ3n) is 1.83. The average molecular weight is 139 g/mol. The molecule has 0 spiro atoms. The van der Waals surface area contributed by atoms with Crippen LogP contribution in [0.25, 0.3) is 0 Å². The fraction of sp³-hybridized carbons (Fsp3) is 0.625. The van der Waals surface area contributed by atoms with Crippen molar-refractivity contribution in [1.82, 2.24) is 0 Å². The molecule has 10 heavy (non-hydrogen) atoms. The Morgan fingerprint density at radius 1 is 1.60 bits per heavy atom. The summed E-state index contributed by atoms with van der Waals surface area (Å²) in [5.74, 6) is 0. The maximum atomic E-state index is 12.8. The summed E-state index contributed by atoms with van der Waals surface area (Å²) in [6, 6.07) is 1.87. The van der Waals surface area contributed by atoms with E-state index in [1.807, 2.05) is 6.07 Å². The van der Waals surface area contributed by atoms with Gasteiger partial charge in [0.05, 0.1) is 6.07 Å². The molecule has 1 aliphatic carbocycles. The Balaban J connectivity index is 2.58. The van der Waals surface area contributed by atoms with Crippen molar-refractivity contribution in [3.05, 3.63) is 11.6 Å². The lowest BCUT2D eigenvalue weighted by Crippen LogP contribution is -2.09. The molecule has 1 fully saturated rings. The van der Waals surface area contributed by atoms with Crippen molar-refractivity contribution in [3.63, 3.8) is 0 Å². The van der Waals surface area contributed by atoms with Crippen LogP contribution < -0.4 is 0 Å². The van der Waals surface area contributed by atoms with Gasteiger partial charge in [0.1, 0.15) is 6.17 Å². The van der Waals surface area contributed by atoms with Crippen molar-refractivity contribution in [1.29, 1.82) is 5.26 Å². The number of allylic oxidation sites excluding steroid dienone is 2. The summed E-state index contributed by atoms with van der Waals surface area (Å²) < 4.78 is 12.8. The van der Waals surface area contributed by atoms with Crippen LogP contribution in [0.5, 0.6) is 0 Å². The Kier molecular flexibility index (Phi) is 2.44. The van der Waals surface area contributed by atoms with E-state index in [-0.39, 0.29) is 0 Å². The molecule has 54 valence electrons. The van der Waals surface area contributed by atoms with Crippen molar-refractivity contribution >= 4 is 0 Å². The molecule has 2 heteroatoms. The first-order chi connectivity index (χ1) is 4.84. The highest BCUT2D eigenvalue weighted by molar-refractivity contribution is 5.18. The number of nitriles is 1. The van der Waals surface area contributed by atoms with Crippen LogP contribution in [0, 0.1) is 11.3 Å². The van der Waals surface area contributed by atoms with Crippen LogP contribution in [0.3, 0.4) is 0 Å². The smallest absolute Gasteiger partial charge is 0.122 e. The van der Waals surface area contributed by atoms with Crippen LogP contribution in [-0.2, 0) is 0 Å². The normalized spacial score (nSPS) is 30.0. The van der Waals surface area contributed by atoms with Gasteiger partial charge in [0.2, 0.25) is 0 Å².